The van der Waals surface area contributed by atoms with Gasteiger partial charge in [-0.3, -0.25) is 4.79 Å². The highest BCUT2D eigenvalue weighted by Gasteiger charge is 2.36. The molecule has 86 valence electrons. The summed E-state index contributed by atoms with van der Waals surface area (Å²) in [6, 6.07) is 0. The maximum Gasteiger partial charge on any atom is 0.190 e. The highest BCUT2D eigenvalue weighted by molar-refractivity contribution is 6.01. The maximum absolute atomic E-state index is 12.3. The predicted octanol–water partition coefficient (Wildman–Crippen LogP) is 3.26. The van der Waals surface area contributed by atoms with Gasteiger partial charge in [-0.1, -0.05) is 19.9 Å². The Kier molecular flexibility index (Phi) is 4.52. The second-order valence-corrected chi connectivity index (χ2v) is 4.21. The normalized spacial score (nSPS) is 17.4. The number of rotatable bonds is 5. The van der Waals surface area contributed by atoms with Crippen LogP contribution in [0.2, 0.25) is 0 Å². The van der Waals surface area contributed by atoms with Crippen molar-refractivity contribution in [3.8, 4) is 0 Å². The molecule has 2 nitrogen and oxygen atoms in total. The van der Waals surface area contributed by atoms with Gasteiger partial charge in [0.1, 0.15) is 5.60 Å². The summed E-state index contributed by atoms with van der Waals surface area (Å²) in [7, 11) is 1.65. The molecule has 1 aliphatic rings. The lowest BCUT2D eigenvalue weighted by molar-refractivity contribution is -0.138. The van der Waals surface area contributed by atoms with E-state index in [1.54, 1.807) is 7.11 Å². The molecule has 0 heterocycles. The fourth-order valence-corrected chi connectivity index (χ4v) is 2.29. The Balaban J connectivity index is 2.84. The van der Waals surface area contributed by atoms with Crippen LogP contribution < -0.4 is 0 Å². The second kappa shape index (κ2) is 5.45. The average molecular weight is 210 g/mol. The topological polar surface area (TPSA) is 26.3 Å². The first-order valence-corrected chi connectivity index (χ1v) is 5.99. The quantitative estimate of drug-likeness (QED) is 0.696. The maximum atomic E-state index is 12.3. The third kappa shape index (κ3) is 2.49. The number of ether oxygens (including phenoxy) is 1. The summed E-state index contributed by atoms with van der Waals surface area (Å²) in [6.07, 6.45) is 7.97. The number of hydrogen-bond donors (Lipinski definition) is 0. The van der Waals surface area contributed by atoms with Gasteiger partial charge in [-0.25, -0.2) is 0 Å². The molecule has 0 amide bonds. The second-order valence-electron chi connectivity index (χ2n) is 4.21. The van der Waals surface area contributed by atoms with Crippen molar-refractivity contribution in [3.63, 3.8) is 0 Å². The molecule has 0 aliphatic heterocycles. The lowest BCUT2D eigenvalue weighted by Crippen LogP contribution is -2.40. The van der Waals surface area contributed by atoms with Crippen LogP contribution in [0.4, 0.5) is 0 Å². The van der Waals surface area contributed by atoms with Crippen LogP contribution >= 0.6 is 0 Å². The van der Waals surface area contributed by atoms with Crippen molar-refractivity contribution in [2.45, 2.75) is 58.0 Å². The molecule has 15 heavy (non-hydrogen) atoms. The molecule has 0 fully saturated rings. The first kappa shape index (κ1) is 12.4. The molecular weight excluding hydrogens is 188 g/mol. The Hall–Kier alpha value is -0.630. The molecule has 1 aliphatic carbocycles. The zero-order valence-corrected chi connectivity index (χ0v) is 10.1. The Labute approximate surface area is 92.7 Å². The van der Waals surface area contributed by atoms with E-state index in [1.807, 2.05) is 13.8 Å². The van der Waals surface area contributed by atoms with Crippen LogP contribution in [0.5, 0.6) is 0 Å². The van der Waals surface area contributed by atoms with Gasteiger partial charge in [0.25, 0.3) is 0 Å². The molecule has 0 bridgehead atoms. The van der Waals surface area contributed by atoms with Gasteiger partial charge in [-0.2, -0.15) is 0 Å². The Morgan fingerprint density at radius 1 is 1.40 bits per heavy atom. The molecule has 0 N–H and O–H groups in total. The standard InChI is InChI=1S/C13H22O2/c1-4-13(5-2,15-3)12(14)11-9-7-6-8-10-11/h9H,4-8,10H2,1-3H3. The fourth-order valence-electron chi connectivity index (χ4n) is 2.29. The van der Waals surface area contributed by atoms with E-state index in [4.69, 9.17) is 4.74 Å². The van der Waals surface area contributed by atoms with E-state index < -0.39 is 5.60 Å². The number of methoxy groups -OCH3 is 1. The minimum absolute atomic E-state index is 0.217. The molecule has 0 atom stereocenters. The van der Waals surface area contributed by atoms with Crippen molar-refractivity contribution in [1.82, 2.24) is 0 Å². The number of Topliss-reactive ketones (excluding diaryl/α,β-unsaturated/α-hetero) is 1. The van der Waals surface area contributed by atoms with E-state index in [9.17, 15) is 4.79 Å². The van der Waals surface area contributed by atoms with Crippen LogP contribution in [-0.4, -0.2) is 18.5 Å². The van der Waals surface area contributed by atoms with Crippen LogP contribution in [0.25, 0.3) is 0 Å². The van der Waals surface area contributed by atoms with E-state index in [1.165, 1.54) is 6.42 Å². The predicted molar refractivity (Wildman–Crippen MR) is 61.9 cm³/mol. The van der Waals surface area contributed by atoms with E-state index in [0.29, 0.717) is 0 Å². The van der Waals surface area contributed by atoms with E-state index >= 15 is 0 Å². The molecule has 1 rings (SSSR count). The van der Waals surface area contributed by atoms with Gasteiger partial charge in [0.2, 0.25) is 0 Å². The molecule has 0 aromatic rings. The molecule has 2 heteroatoms. The van der Waals surface area contributed by atoms with Gasteiger partial charge in [-0.15, -0.1) is 0 Å². The van der Waals surface area contributed by atoms with Gasteiger partial charge in [-0.05, 0) is 44.1 Å². The van der Waals surface area contributed by atoms with E-state index in [2.05, 4.69) is 6.08 Å². The van der Waals surface area contributed by atoms with Crippen LogP contribution in [0.15, 0.2) is 11.6 Å². The van der Waals surface area contributed by atoms with E-state index in [0.717, 1.165) is 37.7 Å². The summed E-state index contributed by atoms with van der Waals surface area (Å²) in [5.74, 6) is 0.217. The van der Waals surface area contributed by atoms with Gasteiger partial charge in [0.15, 0.2) is 5.78 Å². The van der Waals surface area contributed by atoms with Gasteiger partial charge < -0.3 is 4.74 Å². The molecular formula is C13H22O2. The van der Waals surface area contributed by atoms with Gasteiger partial charge in [0.05, 0.1) is 0 Å². The summed E-state index contributed by atoms with van der Waals surface area (Å²) < 4.78 is 5.46. The number of carbonyl (C=O) groups excluding carboxylic acids is 1. The Morgan fingerprint density at radius 2 is 2.07 bits per heavy atom. The van der Waals surface area contributed by atoms with Crippen molar-refractivity contribution in [3.05, 3.63) is 11.6 Å². The third-order valence-electron chi connectivity index (χ3n) is 3.53. The number of allylic oxidation sites excluding steroid dienone is 1. The summed E-state index contributed by atoms with van der Waals surface area (Å²) in [5.41, 5.74) is 0.426. The molecule has 0 spiro atoms. The minimum Gasteiger partial charge on any atom is -0.370 e. The summed E-state index contributed by atoms with van der Waals surface area (Å²) >= 11 is 0. The highest BCUT2D eigenvalue weighted by Crippen LogP contribution is 2.29. The summed E-state index contributed by atoms with van der Waals surface area (Å²) in [6.45, 7) is 4.04. The van der Waals surface area contributed by atoms with Crippen molar-refractivity contribution < 1.29 is 9.53 Å². The zero-order valence-electron chi connectivity index (χ0n) is 10.1. The smallest absolute Gasteiger partial charge is 0.190 e. The molecule has 0 saturated heterocycles. The SMILES string of the molecule is CCC(CC)(OC)C(=O)C1=CCCCC1. The average Bonchev–Trinajstić information content (AvgIpc) is 2.33. The summed E-state index contributed by atoms with van der Waals surface area (Å²) in [5, 5.41) is 0. The van der Waals surface area contributed by atoms with Crippen LogP contribution in [0.1, 0.15) is 52.4 Å². The van der Waals surface area contributed by atoms with E-state index in [-0.39, 0.29) is 5.78 Å². The Bertz CT molecular complexity index is 241. The molecule has 0 aromatic carbocycles. The number of carbonyl (C=O) groups is 1. The lowest BCUT2D eigenvalue weighted by atomic mass is 9.83. The fraction of sp³-hybridized carbons (Fsp3) is 0.769. The minimum atomic E-state index is -0.566. The molecule has 0 aromatic heterocycles. The zero-order chi connectivity index (χ0) is 11.3. The van der Waals surface area contributed by atoms with Crippen LogP contribution in [-0.2, 0) is 9.53 Å². The van der Waals surface area contributed by atoms with Crippen molar-refractivity contribution in [2.24, 2.45) is 0 Å². The monoisotopic (exact) mass is 210 g/mol. The van der Waals surface area contributed by atoms with Crippen LogP contribution in [0.3, 0.4) is 0 Å². The van der Waals surface area contributed by atoms with Crippen LogP contribution in [0, 0.1) is 0 Å². The van der Waals surface area contributed by atoms with Gasteiger partial charge >= 0.3 is 0 Å². The molecule has 0 saturated carbocycles. The number of hydrogen-bond acceptors (Lipinski definition) is 2. The van der Waals surface area contributed by atoms with Gasteiger partial charge in [0, 0.05) is 7.11 Å². The lowest BCUT2D eigenvalue weighted by Gasteiger charge is -2.30. The molecule has 0 radical (unpaired) electrons. The first-order valence-electron chi connectivity index (χ1n) is 5.99. The number of ketones is 1. The highest BCUT2D eigenvalue weighted by atomic mass is 16.5. The largest absolute Gasteiger partial charge is 0.370 e. The van der Waals surface area contributed by atoms with Crippen molar-refractivity contribution in [1.29, 1.82) is 0 Å². The van der Waals surface area contributed by atoms with Crippen molar-refractivity contribution in [2.75, 3.05) is 7.11 Å². The Morgan fingerprint density at radius 3 is 2.47 bits per heavy atom. The third-order valence-corrected chi connectivity index (χ3v) is 3.53. The van der Waals surface area contributed by atoms with Crippen molar-refractivity contribution >= 4 is 5.78 Å². The summed E-state index contributed by atoms with van der Waals surface area (Å²) in [4.78, 5) is 12.3. The molecule has 0 unspecified atom stereocenters. The first-order chi connectivity index (χ1) is 7.20.